The molecule has 0 bridgehead atoms. The number of ether oxygens (including phenoxy) is 1. The van der Waals surface area contributed by atoms with E-state index in [1.54, 1.807) is 20.2 Å². The van der Waals surface area contributed by atoms with Crippen molar-refractivity contribution < 1.29 is 9.53 Å². The zero-order chi connectivity index (χ0) is 16.1. The summed E-state index contributed by atoms with van der Waals surface area (Å²) in [5.41, 5.74) is 0. The number of nitrogens with zero attached hydrogens (tertiary/aromatic N) is 2. The number of hydrogen-bond donors (Lipinski definition) is 2. The van der Waals surface area contributed by atoms with Gasteiger partial charge in [0.05, 0.1) is 6.10 Å². The highest BCUT2D eigenvalue weighted by molar-refractivity contribution is 14.0. The molecule has 0 spiro atoms. The summed E-state index contributed by atoms with van der Waals surface area (Å²) >= 11 is 0. The fraction of sp³-hybridized carbons (Fsp3) is 0.733. The van der Waals surface area contributed by atoms with Crippen LogP contribution in [-0.2, 0) is 9.53 Å². The minimum absolute atomic E-state index is 0. The lowest BCUT2D eigenvalue weighted by atomic mass is 10.3. The molecule has 1 amide bonds. The Labute approximate surface area is 151 Å². The average molecular weight is 426 g/mol. The third-order valence-electron chi connectivity index (χ3n) is 2.60. The van der Waals surface area contributed by atoms with E-state index in [0.29, 0.717) is 12.5 Å². The monoisotopic (exact) mass is 426 g/mol. The molecule has 130 valence electrons. The number of halogens is 1. The van der Waals surface area contributed by atoms with Crippen molar-refractivity contribution in [1.29, 1.82) is 0 Å². The number of rotatable bonds is 10. The molecule has 0 heterocycles. The van der Waals surface area contributed by atoms with Gasteiger partial charge in [0.15, 0.2) is 5.96 Å². The van der Waals surface area contributed by atoms with E-state index < -0.39 is 0 Å². The highest BCUT2D eigenvalue weighted by Gasteiger charge is 2.03. The number of amides is 1. The number of carbonyl (C=O) groups excluding carboxylic acids is 1. The normalized spacial score (nSPS) is 10.9. The summed E-state index contributed by atoms with van der Waals surface area (Å²) in [7, 11) is 3.44. The lowest BCUT2D eigenvalue weighted by Crippen LogP contribution is -2.39. The van der Waals surface area contributed by atoms with Gasteiger partial charge in [0.1, 0.15) is 6.54 Å². The lowest BCUT2D eigenvalue weighted by molar-refractivity contribution is -0.127. The molecule has 0 aliphatic rings. The van der Waals surface area contributed by atoms with E-state index in [-0.39, 0.29) is 42.5 Å². The molecule has 0 unspecified atom stereocenters. The van der Waals surface area contributed by atoms with Crippen molar-refractivity contribution in [3.8, 4) is 0 Å². The summed E-state index contributed by atoms with van der Waals surface area (Å²) in [6.07, 6.45) is 4.02. The molecule has 0 saturated heterocycles. The van der Waals surface area contributed by atoms with Gasteiger partial charge in [-0.15, -0.1) is 30.6 Å². The number of guanidine groups is 1. The number of hydrogen-bond acceptors (Lipinski definition) is 3. The van der Waals surface area contributed by atoms with Crippen molar-refractivity contribution in [2.24, 2.45) is 4.99 Å². The van der Waals surface area contributed by atoms with E-state index in [2.05, 4.69) is 22.2 Å². The number of likely N-dealkylation sites (N-methyl/N-ethyl adjacent to an activating group) is 1. The molecule has 0 aromatic rings. The Hall–Kier alpha value is -0.830. The molecule has 0 radical (unpaired) electrons. The third kappa shape index (κ3) is 14.1. The summed E-state index contributed by atoms with van der Waals surface area (Å²) in [6.45, 7) is 10.0. The van der Waals surface area contributed by atoms with Crippen LogP contribution in [0.25, 0.3) is 0 Å². The number of aliphatic imine (C=N–C) groups is 1. The second-order valence-corrected chi connectivity index (χ2v) is 5.18. The van der Waals surface area contributed by atoms with Gasteiger partial charge in [-0.05, 0) is 26.7 Å². The molecule has 7 heteroatoms. The van der Waals surface area contributed by atoms with Crippen LogP contribution in [0.4, 0.5) is 0 Å². The third-order valence-corrected chi connectivity index (χ3v) is 2.60. The number of nitrogens with one attached hydrogen (secondary N) is 2. The van der Waals surface area contributed by atoms with Crippen LogP contribution in [0.5, 0.6) is 0 Å². The minimum Gasteiger partial charge on any atom is -0.379 e. The molecule has 22 heavy (non-hydrogen) atoms. The lowest BCUT2D eigenvalue weighted by Gasteiger charge is -2.13. The fourth-order valence-electron chi connectivity index (χ4n) is 1.38. The molecule has 0 saturated carbocycles. The van der Waals surface area contributed by atoms with Crippen LogP contribution >= 0.6 is 24.0 Å². The van der Waals surface area contributed by atoms with Crippen LogP contribution in [0.3, 0.4) is 0 Å². The van der Waals surface area contributed by atoms with Gasteiger partial charge in [0.25, 0.3) is 0 Å². The Bertz CT molecular complexity index is 334. The molecule has 6 nitrogen and oxygen atoms in total. The van der Waals surface area contributed by atoms with Crippen LogP contribution in [0.1, 0.15) is 26.7 Å². The average Bonchev–Trinajstić information content (AvgIpc) is 2.43. The molecule has 0 rings (SSSR count). The Balaban J connectivity index is 0. The molecule has 0 aliphatic carbocycles. The molecule has 0 atom stereocenters. The largest absolute Gasteiger partial charge is 0.379 e. The van der Waals surface area contributed by atoms with E-state index >= 15 is 0 Å². The van der Waals surface area contributed by atoms with Crippen molar-refractivity contribution in [2.75, 3.05) is 40.3 Å². The van der Waals surface area contributed by atoms with Crippen LogP contribution in [-0.4, -0.2) is 63.2 Å². The standard InChI is InChI=1S/C15H30N4O2.HI/c1-6-9-16-15(18-12-14(20)19(4)5)17-10-7-8-11-21-13(2)3;/h6,13H,1,7-12H2,2-5H3,(H2,16,17,18);1H. The zero-order valence-corrected chi connectivity index (χ0v) is 16.6. The number of unbranched alkanes of at least 4 members (excludes halogenated alkanes) is 1. The van der Waals surface area contributed by atoms with E-state index in [0.717, 1.165) is 26.0 Å². The Kier molecular flexibility index (Phi) is 16.1. The first-order valence-electron chi connectivity index (χ1n) is 7.42. The molecule has 0 aromatic carbocycles. The smallest absolute Gasteiger partial charge is 0.243 e. The Morgan fingerprint density at radius 3 is 2.55 bits per heavy atom. The summed E-state index contributed by atoms with van der Waals surface area (Å²) in [6, 6.07) is 0. The maximum absolute atomic E-state index is 11.5. The second kappa shape index (κ2) is 15.1. The first-order valence-corrected chi connectivity index (χ1v) is 7.42. The van der Waals surface area contributed by atoms with Gasteiger partial charge in [-0.3, -0.25) is 4.79 Å². The van der Waals surface area contributed by atoms with Gasteiger partial charge >= 0.3 is 0 Å². The van der Waals surface area contributed by atoms with E-state index in [9.17, 15) is 4.79 Å². The minimum atomic E-state index is -0.0277. The van der Waals surface area contributed by atoms with E-state index in [1.165, 1.54) is 4.90 Å². The molecule has 0 aliphatic heterocycles. The van der Waals surface area contributed by atoms with Crippen molar-refractivity contribution in [3.63, 3.8) is 0 Å². The first kappa shape index (κ1) is 23.4. The molecule has 0 aromatic heterocycles. The summed E-state index contributed by atoms with van der Waals surface area (Å²) < 4.78 is 5.48. The van der Waals surface area contributed by atoms with Crippen LogP contribution in [0, 0.1) is 0 Å². The Morgan fingerprint density at radius 1 is 1.32 bits per heavy atom. The fourth-order valence-corrected chi connectivity index (χ4v) is 1.38. The SMILES string of the molecule is C=CCNC(=NCC(=O)N(C)C)NCCCCOC(C)C.I. The van der Waals surface area contributed by atoms with Crippen molar-refractivity contribution in [2.45, 2.75) is 32.8 Å². The predicted molar refractivity (Wildman–Crippen MR) is 103 cm³/mol. The Morgan fingerprint density at radius 2 is 2.00 bits per heavy atom. The van der Waals surface area contributed by atoms with E-state index in [4.69, 9.17) is 4.74 Å². The summed E-state index contributed by atoms with van der Waals surface area (Å²) in [5.74, 6) is 0.606. The van der Waals surface area contributed by atoms with Gasteiger partial charge < -0.3 is 20.3 Å². The highest BCUT2D eigenvalue weighted by Crippen LogP contribution is 1.93. The summed E-state index contributed by atoms with van der Waals surface area (Å²) in [5, 5.41) is 6.29. The van der Waals surface area contributed by atoms with E-state index in [1.807, 2.05) is 13.8 Å². The van der Waals surface area contributed by atoms with Gasteiger partial charge in [-0.1, -0.05) is 6.08 Å². The first-order chi connectivity index (χ1) is 9.97. The molecular formula is C15H31IN4O2. The van der Waals surface area contributed by atoms with Crippen LogP contribution in [0.2, 0.25) is 0 Å². The molecule has 2 N–H and O–H groups in total. The van der Waals surface area contributed by atoms with Crippen molar-refractivity contribution in [1.82, 2.24) is 15.5 Å². The van der Waals surface area contributed by atoms with Crippen LogP contribution in [0.15, 0.2) is 17.6 Å². The maximum Gasteiger partial charge on any atom is 0.243 e. The van der Waals surface area contributed by atoms with Crippen molar-refractivity contribution in [3.05, 3.63) is 12.7 Å². The highest BCUT2D eigenvalue weighted by atomic mass is 127. The topological polar surface area (TPSA) is 66.0 Å². The molecular weight excluding hydrogens is 395 g/mol. The number of carbonyl (C=O) groups is 1. The molecule has 0 fully saturated rings. The van der Waals surface area contributed by atoms with Crippen molar-refractivity contribution >= 4 is 35.8 Å². The second-order valence-electron chi connectivity index (χ2n) is 5.18. The zero-order valence-electron chi connectivity index (χ0n) is 14.2. The van der Waals surface area contributed by atoms with Crippen LogP contribution < -0.4 is 10.6 Å². The quantitative estimate of drug-likeness (QED) is 0.183. The van der Waals surface area contributed by atoms with Gasteiger partial charge in [0, 0.05) is 33.8 Å². The maximum atomic E-state index is 11.5. The van der Waals surface area contributed by atoms with Gasteiger partial charge in [0.2, 0.25) is 5.91 Å². The summed E-state index contributed by atoms with van der Waals surface area (Å²) in [4.78, 5) is 17.3. The predicted octanol–water partition coefficient (Wildman–Crippen LogP) is 1.62. The van der Waals surface area contributed by atoms with Gasteiger partial charge in [-0.25, -0.2) is 4.99 Å². The van der Waals surface area contributed by atoms with Gasteiger partial charge in [-0.2, -0.15) is 0 Å².